The van der Waals surface area contributed by atoms with E-state index in [2.05, 4.69) is 5.32 Å². The summed E-state index contributed by atoms with van der Waals surface area (Å²) in [6, 6.07) is 17.0. The Bertz CT molecular complexity index is 727. The van der Waals surface area contributed by atoms with Gasteiger partial charge in [0.25, 0.3) is 5.91 Å². The highest BCUT2D eigenvalue weighted by Crippen LogP contribution is 2.32. The monoisotopic (exact) mass is 294 g/mol. The first kappa shape index (κ1) is 14.3. The van der Waals surface area contributed by atoms with E-state index >= 15 is 0 Å². The molecule has 0 aliphatic carbocycles. The van der Waals surface area contributed by atoms with Gasteiger partial charge in [0.1, 0.15) is 0 Å². The van der Waals surface area contributed by atoms with Gasteiger partial charge in [-0.1, -0.05) is 42.5 Å². The van der Waals surface area contributed by atoms with Crippen molar-refractivity contribution < 1.29 is 9.59 Å². The minimum absolute atomic E-state index is 0.0914. The van der Waals surface area contributed by atoms with Crippen LogP contribution in [0.3, 0.4) is 0 Å². The van der Waals surface area contributed by atoms with Crippen molar-refractivity contribution in [2.24, 2.45) is 0 Å². The molecule has 0 fully saturated rings. The van der Waals surface area contributed by atoms with Crippen LogP contribution in [0.4, 0.5) is 5.69 Å². The zero-order chi connectivity index (χ0) is 15.7. The van der Waals surface area contributed by atoms with Crippen molar-refractivity contribution in [1.29, 1.82) is 0 Å². The number of fused-ring (bicyclic) bond motifs is 1. The van der Waals surface area contributed by atoms with Crippen molar-refractivity contribution in [2.75, 3.05) is 5.32 Å². The molecule has 1 unspecified atom stereocenters. The molecule has 1 amide bonds. The first-order valence-electron chi connectivity index (χ1n) is 7.26. The molecule has 0 spiro atoms. The third kappa shape index (κ3) is 2.26. The molecular formula is C18H18N2O2. The highest BCUT2D eigenvalue weighted by Gasteiger charge is 2.44. The van der Waals surface area contributed by atoms with Gasteiger partial charge in [-0.15, -0.1) is 0 Å². The Morgan fingerprint density at radius 1 is 1.09 bits per heavy atom. The lowest BCUT2D eigenvalue weighted by Gasteiger charge is -2.44. The van der Waals surface area contributed by atoms with Gasteiger partial charge in [-0.2, -0.15) is 0 Å². The lowest BCUT2D eigenvalue weighted by molar-refractivity contribution is -0.125. The van der Waals surface area contributed by atoms with Gasteiger partial charge in [0.05, 0.1) is 5.56 Å². The van der Waals surface area contributed by atoms with Crippen LogP contribution in [-0.2, 0) is 11.3 Å². The van der Waals surface area contributed by atoms with Crippen molar-refractivity contribution in [1.82, 2.24) is 4.90 Å². The number of carbonyl (C=O) groups is 2. The number of hydrogen-bond donors (Lipinski definition) is 1. The van der Waals surface area contributed by atoms with Gasteiger partial charge in [-0.05, 0) is 31.5 Å². The van der Waals surface area contributed by atoms with Gasteiger partial charge >= 0.3 is 0 Å². The highest BCUT2D eigenvalue weighted by molar-refractivity contribution is 6.06. The molecule has 0 saturated heterocycles. The van der Waals surface area contributed by atoms with E-state index in [-0.39, 0.29) is 11.7 Å². The Labute approximate surface area is 129 Å². The molecular weight excluding hydrogens is 276 g/mol. The molecule has 112 valence electrons. The maximum absolute atomic E-state index is 12.9. The number of hydrogen-bond acceptors (Lipinski definition) is 3. The van der Waals surface area contributed by atoms with Gasteiger partial charge in [0.15, 0.2) is 11.4 Å². The third-order valence-corrected chi connectivity index (χ3v) is 4.19. The van der Waals surface area contributed by atoms with E-state index in [0.29, 0.717) is 17.8 Å². The van der Waals surface area contributed by atoms with Crippen LogP contribution in [0.15, 0.2) is 54.6 Å². The summed E-state index contributed by atoms with van der Waals surface area (Å²) in [7, 11) is 0. The summed E-state index contributed by atoms with van der Waals surface area (Å²) in [5.74, 6) is -0.220. The Morgan fingerprint density at radius 2 is 1.73 bits per heavy atom. The zero-order valence-electron chi connectivity index (χ0n) is 12.7. The van der Waals surface area contributed by atoms with Crippen LogP contribution in [0.25, 0.3) is 0 Å². The molecule has 0 saturated carbocycles. The predicted octanol–water partition coefficient (Wildman–Crippen LogP) is 3.06. The smallest absolute Gasteiger partial charge is 0.258 e. The molecule has 1 aliphatic heterocycles. The summed E-state index contributed by atoms with van der Waals surface area (Å²) in [4.78, 5) is 26.7. The molecule has 22 heavy (non-hydrogen) atoms. The number of ketones is 1. The second-order valence-corrected chi connectivity index (χ2v) is 5.68. The number of rotatable bonds is 3. The maximum atomic E-state index is 12.9. The number of nitrogens with zero attached hydrogens (tertiary/aromatic N) is 1. The van der Waals surface area contributed by atoms with Gasteiger partial charge in [0, 0.05) is 12.2 Å². The highest BCUT2D eigenvalue weighted by atomic mass is 16.2. The fourth-order valence-corrected chi connectivity index (χ4v) is 2.73. The molecule has 1 heterocycles. The number of Topliss-reactive ketones (excluding diaryl/α,β-unsaturated/α-hetero) is 1. The quantitative estimate of drug-likeness (QED) is 0.946. The molecule has 0 radical (unpaired) electrons. The van der Waals surface area contributed by atoms with Gasteiger partial charge in [-0.25, -0.2) is 0 Å². The molecule has 0 bridgehead atoms. The van der Waals surface area contributed by atoms with Crippen LogP contribution in [-0.4, -0.2) is 22.3 Å². The molecule has 3 rings (SSSR count). The van der Waals surface area contributed by atoms with Crippen LogP contribution >= 0.6 is 0 Å². The second kappa shape index (κ2) is 5.30. The number of benzene rings is 2. The second-order valence-electron chi connectivity index (χ2n) is 5.68. The topological polar surface area (TPSA) is 49.4 Å². The summed E-state index contributed by atoms with van der Waals surface area (Å²) in [6.45, 7) is 3.65. The maximum Gasteiger partial charge on any atom is 0.258 e. The summed E-state index contributed by atoms with van der Waals surface area (Å²) in [6.07, 6.45) is 0. The molecule has 1 N–H and O–H groups in total. The van der Waals surface area contributed by atoms with E-state index in [1.54, 1.807) is 17.9 Å². The molecule has 4 heteroatoms. The first-order valence-corrected chi connectivity index (χ1v) is 7.26. The minimum atomic E-state index is -1.04. The Kier molecular flexibility index (Phi) is 3.45. The Balaban J connectivity index is 2.05. The Morgan fingerprint density at radius 3 is 2.41 bits per heavy atom. The zero-order valence-corrected chi connectivity index (χ0v) is 12.7. The normalized spacial score (nSPS) is 20.3. The fraction of sp³-hybridized carbons (Fsp3) is 0.222. The summed E-state index contributed by atoms with van der Waals surface area (Å²) < 4.78 is 0. The predicted molar refractivity (Wildman–Crippen MR) is 85.5 cm³/mol. The molecule has 1 aliphatic rings. The van der Waals surface area contributed by atoms with Crippen LogP contribution in [0.2, 0.25) is 0 Å². The Hall–Kier alpha value is -2.62. The average Bonchev–Trinajstić information content (AvgIpc) is 2.52. The fourth-order valence-electron chi connectivity index (χ4n) is 2.73. The number of anilines is 1. The van der Waals surface area contributed by atoms with E-state index in [4.69, 9.17) is 0 Å². The van der Waals surface area contributed by atoms with Crippen molar-refractivity contribution in [3.8, 4) is 0 Å². The van der Waals surface area contributed by atoms with Crippen LogP contribution in [0, 0.1) is 0 Å². The summed E-state index contributed by atoms with van der Waals surface area (Å²) in [5, 5.41) is 3.23. The van der Waals surface area contributed by atoms with E-state index in [9.17, 15) is 9.59 Å². The number of amides is 1. The summed E-state index contributed by atoms with van der Waals surface area (Å²) >= 11 is 0. The molecule has 4 nitrogen and oxygen atoms in total. The van der Waals surface area contributed by atoms with E-state index in [0.717, 1.165) is 5.56 Å². The number of carbonyl (C=O) groups excluding carboxylic acids is 2. The standard InChI is InChI=1S/C18H18N2O2/c1-13(21)18(2)19-16-11-7-6-10-15(16)17(22)20(18)12-14-8-4-3-5-9-14/h3-11,19H,12H2,1-2H3. The number of nitrogens with one attached hydrogen (secondary N) is 1. The van der Waals surface area contributed by atoms with E-state index in [1.165, 1.54) is 6.92 Å². The molecule has 1 atom stereocenters. The molecule has 0 aromatic heterocycles. The van der Waals surface area contributed by atoms with Gasteiger partial charge < -0.3 is 10.2 Å². The van der Waals surface area contributed by atoms with Crippen molar-refractivity contribution in [3.05, 3.63) is 65.7 Å². The van der Waals surface area contributed by atoms with Crippen LogP contribution in [0.5, 0.6) is 0 Å². The van der Waals surface area contributed by atoms with Crippen molar-refractivity contribution in [2.45, 2.75) is 26.1 Å². The lowest BCUT2D eigenvalue weighted by atomic mass is 9.96. The molecule has 2 aromatic carbocycles. The van der Waals surface area contributed by atoms with Crippen molar-refractivity contribution in [3.63, 3.8) is 0 Å². The third-order valence-electron chi connectivity index (χ3n) is 4.19. The van der Waals surface area contributed by atoms with Gasteiger partial charge in [-0.3, -0.25) is 9.59 Å². The largest absolute Gasteiger partial charge is 0.356 e. The van der Waals surface area contributed by atoms with E-state index < -0.39 is 5.66 Å². The molecule has 2 aromatic rings. The van der Waals surface area contributed by atoms with E-state index in [1.807, 2.05) is 48.5 Å². The van der Waals surface area contributed by atoms with Gasteiger partial charge in [0.2, 0.25) is 0 Å². The summed E-state index contributed by atoms with van der Waals surface area (Å²) in [5.41, 5.74) is 1.25. The van der Waals surface area contributed by atoms with Crippen LogP contribution in [0.1, 0.15) is 29.8 Å². The van der Waals surface area contributed by atoms with Crippen LogP contribution < -0.4 is 5.32 Å². The van der Waals surface area contributed by atoms with Crippen molar-refractivity contribution >= 4 is 17.4 Å². The lowest BCUT2D eigenvalue weighted by Crippen LogP contribution is -2.61. The minimum Gasteiger partial charge on any atom is -0.356 e. The SMILES string of the molecule is CC(=O)C1(C)Nc2ccccc2C(=O)N1Cc1ccccc1. The average molecular weight is 294 g/mol. The number of para-hydroxylation sites is 1. The first-order chi connectivity index (χ1) is 10.5.